The molecule has 7 heteroatoms. The van der Waals surface area contributed by atoms with Gasteiger partial charge in [0.15, 0.2) is 6.10 Å². The van der Waals surface area contributed by atoms with Gasteiger partial charge in [-0.3, -0.25) is 14.4 Å². The Labute approximate surface area is 168 Å². The Hall–Kier alpha value is -3.48. The zero-order valence-corrected chi connectivity index (χ0v) is 16.6. The van der Waals surface area contributed by atoms with Crippen molar-refractivity contribution in [1.82, 2.24) is 9.97 Å². The average molecular weight is 393 g/mol. The number of H-pyrrole nitrogens is 1. The maximum absolute atomic E-state index is 12.4. The van der Waals surface area contributed by atoms with Gasteiger partial charge in [-0.25, -0.2) is 4.98 Å². The molecule has 1 atom stereocenters. The van der Waals surface area contributed by atoms with Crippen molar-refractivity contribution in [3.63, 3.8) is 0 Å². The first-order chi connectivity index (χ1) is 13.8. The van der Waals surface area contributed by atoms with Gasteiger partial charge in [0.25, 0.3) is 11.5 Å². The van der Waals surface area contributed by atoms with Crippen LogP contribution in [0, 0.1) is 13.8 Å². The van der Waals surface area contributed by atoms with E-state index in [1.165, 1.54) is 6.92 Å². The first-order valence-electron chi connectivity index (χ1n) is 9.39. The highest BCUT2D eigenvalue weighted by atomic mass is 16.5. The normalized spacial score (nSPS) is 11.8. The number of anilines is 1. The fourth-order valence-electron chi connectivity index (χ4n) is 3.02. The van der Waals surface area contributed by atoms with Crippen molar-refractivity contribution >= 4 is 28.5 Å². The lowest BCUT2D eigenvalue weighted by molar-refractivity contribution is -0.153. The van der Waals surface area contributed by atoms with Gasteiger partial charge in [0.05, 0.1) is 17.3 Å². The second-order valence-electron chi connectivity index (χ2n) is 6.92. The van der Waals surface area contributed by atoms with Gasteiger partial charge in [0.2, 0.25) is 0 Å². The van der Waals surface area contributed by atoms with Crippen molar-refractivity contribution in [1.29, 1.82) is 0 Å². The van der Waals surface area contributed by atoms with Crippen LogP contribution in [0.1, 0.15) is 30.3 Å². The topological polar surface area (TPSA) is 101 Å². The highest BCUT2D eigenvalue weighted by Crippen LogP contribution is 2.19. The maximum atomic E-state index is 12.4. The predicted octanol–water partition coefficient (Wildman–Crippen LogP) is 3.04. The molecule has 2 N–H and O–H groups in total. The van der Waals surface area contributed by atoms with Crippen molar-refractivity contribution < 1.29 is 14.3 Å². The molecule has 0 aliphatic heterocycles. The molecule has 0 aliphatic rings. The smallest absolute Gasteiger partial charge is 0.307 e. The molecule has 0 saturated heterocycles. The number of amides is 1. The van der Waals surface area contributed by atoms with Gasteiger partial charge in [0, 0.05) is 12.1 Å². The van der Waals surface area contributed by atoms with Crippen molar-refractivity contribution in [3.05, 3.63) is 69.8 Å². The molecule has 3 rings (SSSR count). The Morgan fingerprint density at radius 3 is 2.52 bits per heavy atom. The molecule has 1 heterocycles. The molecule has 0 unspecified atom stereocenters. The molecule has 150 valence electrons. The van der Waals surface area contributed by atoms with Crippen molar-refractivity contribution in [2.24, 2.45) is 0 Å². The van der Waals surface area contributed by atoms with Crippen LogP contribution in [0.5, 0.6) is 0 Å². The minimum atomic E-state index is -0.940. The molecule has 0 saturated carbocycles. The van der Waals surface area contributed by atoms with Gasteiger partial charge in [-0.1, -0.05) is 30.3 Å². The van der Waals surface area contributed by atoms with E-state index in [1.807, 2.05) is 32.0 Å². The maximum Gasteiger partial charge on any atom is 0.307 e. The second-order valence-corrected chi connectivity index (χ2v) is 6.92. The molecule has 0 fully saturated rings. The van der Waals surface area contributed by atoms with Crippen LogP contribution in [-0.2, 0) is 20.7 Å². The fraction of sp³-hybridized carbons (Fsp3) is 0.273. The van der Waals surface area contributed by atoms with Crippen molar-refractivity contribution in [3.8, 4) is 0 Å². The number of ether oxygens (including phenoxy) is 1. The monoisotopic (exact) mass is 393 g/mol. The number of aryl methyl sites for hydroxylation is 3. The first kappa shape index (κ1) is 20.3. The Kier molecular flexibility index (Phi) is 6.07. The molecule has 1 aromatic heterocycles. The lowest BCUT2D eigenvalue weighted by Gasteiger charge is -2.16. The third-order valence-corrected chi connectivity index (χ3v) is 4.63. The van der Waals surface area contributed by atoms with Gasteiger partial charge >= 0.3 is 5.97 Å². The Balaban J connectivity index is 1.58. The van der Waals surface area contributed by atoms with E-state index < -0.39 is 18.0 Å². The summed E-state index contributed by atoms with van der Waals surface area (Å²) in [7, 11) is 0. The van der Waals surface area contributed by atoms with Crippen LogP contribution < -0.4 is 10.9 Å². The number of benzene rings is 2. The quantitative estimate of drug-likeness (QED) is 0.627. The van der Waals surface area contributed by atoms with Crippen LogP contribution in [-0.4, -0.2) is 27.9 Å². The summed E-state index contributed by atoms with van der Waals surface area (Å²) in [5.41, 5.74) is 2.91. The van der Waals surface area contributed by atoms with Crippen LogP contribution in [0.3, 0.4) is 0 Å². The average Bonchev–Trinajstić information content (AvgIpc) is 2.69. The summed E-state index contributed by atoms with van der Waals surface area (Å²) in [4.78, 5) is 43.6. The van der Waals surface area contributed by atoms with E-state index in [1.54, 1.807) is 24.3 Å². The number of hydrogen-bond donors (Lipinski definition) is 2. The molecular formula is C22H23N3O4. The Morgan fingerprint density at radius 1 is 1.10 bits per heavy atom. The van der Waals surface area contributed by atoms with E-state index in [0.717, 1.165) is 16.8 Å². The Bertz CT molecular complexity index is 1100. The summed E-state index contributed by atoms with van der Waals surface area (Å²) in [5.74, 6) is -0.531. The van der Waals surface area contributed by atoms with Crippen LogP contribution in [0.15, 0.2) is 47.3 Å². The molecule has 1 amide bonds. The number of para-hydroxylation sites is 2. The van der Waals surface area contributed by atoms with Crippen molar-refractivity contribution in [2.45, 2.75) is 39.7 Å². The summed E-state index contributed by atoms with van der Waals surface area (Å²) in [6.07, 6.45) is -0.725. The minimum absolute atomic E-state index is 0.00227. The standard InChI is InChI=1S/C22H23N3O4/c1-13-7-6-8-14(2)20(13)25-21(27)15(3)29-19(26)12-11-18-23-17-10-5-4-9-16(17)22(28)24-18/h4-10,15H,11-12H2,1-3H3,(H,25,27)(H,23,24,28)/t15-/m0/s1. The molecule has 29 heavy (non-hydrogen) atoms. The molecule has 2 aromatic carbocycles. The summed E-state index contributed by atoms with van der Waals surface area (Å²) in [6, 6.07) is 12.7. The van der Waals surface area contributed by atoms with Gasteiger partial charge in [-0.2, -0.15) is 0 Å². The zero-order valence-electron chi connectivity index (χ0n) is 16.6. The number of carbonyl (C=O) groups excluding carboxylic acids is 2. The number of esters is 1. The third-order valence-electron chi connectivity index (χ3n) is 4.63. The van der Waals surface area contributed by atoms with Gasteiger partial charge in [0.1, 0.15) is 5.82 Å². The predicted molar refractivity (Wildman–Crippen MR) is 111 cm³/mol. The van der Waals surface area contributed by atoms with Crippen molar-refractivity contribution in [2.75, 3.05) is 5.32 Å². The molecule has 0 spiro atoms. The van der Waals surface area contributed by atoms with Crippen LogP contribution >= 0.6 is 0 Å². The third kappa shape index (κ3) is 4.87. The number of aromatic nitrogens is 2. The number of hydrogen-bond acceptors (Lipinski definition) is 5. The number of aromatic amines is 1. The van der Waals surface area contributed by atoms with Gasteiger partial charge in [-0.05, 0) is 44.0 Å². The molecular weight excluding hydrogens is 370 g/mol. The number of nitrogens with one attached hydrogen (secondary N) is 2. The van der Waals surface area contributed by atoms with E-state index in [0.29, 0.717) is 16.7 Å². The highest BCUT2D eigenvalue weighted by Gasteiger charge is 2.19. The first-order valence-corrected chi connectivity index (χ1v) is 9.39. The second kappa shape index (κ2) is 8.68. The van der Waals surface area contributed by atoms with E-state index in [9.17, 15) is 14.4 Å². The van der Waals surface area contributed by atoms with Crippen LogP contribution in [0.2, 0.25) is 0 Å². The summed E-state index contributed by atoms with van der Waals surface area (Å²) < 4.78 is 5.23. The summed E-state index contributed by atoms with van der Waals surface area (Å²) in [5, 5.41) is 3.30. The largest absolute Gasteiger partial charge is 0.453 e. The minimum Gasteiger partial charge on any atom is -0.453 e. The molecule has 0 radical (unpaired) electrons. The Morgan fingerprint density at radius 2 is 1.79 bits per heavy atom. The summed E-state index contributed by atoms with van der Waals surface area (Å²) >= 11 is 0. The fourth-order valence-corrected chi connectivity index (χ4v) is 3.02. The molecule has 0 bridgehead atoms. The van der Waals surface area contributed by atoms with E-state index in [4.69, 9.17) is 4.74 Å². The molecule has 0 aliphatic carbocycles. The van der Waals surface area contributed by atoms with Crippen LogP contribution in [0.4, 0.5) is 5.69 Å². The number of rotatable bonds is 6. The number of fused-ring (bicyclic) bond motifs is 1. The zero-order chi connectivity index (χ0) is 21.0. The summed E-state index contributed by atoms with van der Waals surface area (Å²) in [6.45, 7) is 5.32. The van der Waals surface area contributed by atoms with E-state index in [2.05, 4.69) is 15.3 Å². The van der Waals surface area contributed by atoms with Gasteiger partial charge in [-0.15, -0.1) is 0 Å². The SMILES string of the molecule is Cc1cccc(C)c1NC(=O)[C@H](C)OC(=O)CCc1nc2ccccc2c(=O)[nH]1. The molecule has 3 aromatic rings. The molecule has 7 nitrogen and oxygen atoms in total. The number of nitrogens with zero attached hydrogens (tertiary/aromatic N) is 1. The lowest BCUT2D eigenvalue weighted by atomic mass is 10.1. The van der Waals surface area contributed by atoms with Gasteiger partial charge < -0.3 is 15.0 Å². The van der Waals surface area contributed by atoms with E-state index >= 15 is 0 Å². The lowest BCUT2D eigenvalue weighted by Crippen LogP contribution is -2.30. The number of carbonyl (C=O) groups is 2. The van der Waals surface area contributed by atoms with Crippen LogP contribution in [0.25, 0.3) is 10.9 Å². The van der Waals surface area contributed by atoms with E-state index in [-0.39, 0.29) is 18.4 Å². The highest BCUT2D eigenvalue weighted by molar-refractivity contribution is 5.96.